The number of rotatable bonds is 5. The quantitative estimate of drug-likeness (QED) is 0.830. The molecule has 100 valence electrons. The van der Waals surface area contributed by atoms with Gasteiger partial charge in [0.2, 0.25) is 5.91 Å². The highest BCUT2D eigenvalue weighted by Gasteiger charge is 2.19. The zero-order chi connectivity index (χ0) is 13.7. The monoisotopic (exact) mass is 396 g/mol. The lowest BCUT2D eigenvalue weighted by atomic mass is 10.3. The van der Waals surface area contributed by atoms with Crippen LogP contribution in [0.25, 0.3) is 0 Å². The molecule has 18 heavy (non-hydrogen) atoms. The van der Waals surface area contributed by atoms with E-state index in [0.29, 0.717) is 12.1 Å². The minimum absolute atomic E-state index is 0.0682. The Morgan fingerprint density at radius 1 is 1.44 bits per heavy atom. The number of nitrogens with zero attached hydrogens (tertiary/aromatic N) is 1. The molecule has 0 fully saturated rings. The van der Waals surface area contributed by atoms with Crippen LogP contribution in [0, 0.1) is 0 Å². The third-order valence-electron chi connectivity index (χ3n) is 2.19. The molecule has 4 nitrogen and oxygen atoms in total. The van der Waals surface area contributed by atoms with Crippen LogP contribution in [0.1, 0.15) is 23.7 Å². The molecule has 0 bridgehead atoms. The first kappa shape index (κ1) is 15.7. The number of carbonyl (C=O) groups excluding carboxylic acids is 2. The molecule has 0 atom stereocenters. The molecule has 0 unspecified atom stereocenters. The Morgan fingerprint density at radius 2 is 2.11 bits per heavy atom. The summed E-state index contributed by atoms with van der Waals surface area (Å²) in [6.07, 6.45) is 0.881. The van der Waals surface area contributed by atoms with Gasteiger partial charge < -0.3 is 10.2 Å². The van der Waals surface area contributed by atoms with Crippen LogP contribution in [0.5, 0.6) is 0 Å². The molecule has 1 heterocycles. The molecule has 0 saturated carbocycles. The van der Waals surface area contributed by atoms with Gasteiger partial charge in [-0.1, -0.05) is 6.92 Å². The van der Waals surface area contributed by atoms with Crippen molar-refractivity contribution in [2.24, 2.45) is 0 Å². The number of hydrogen-bond donors (Lipinski definition) is 1. The van der Waals surface area contributed by atoms with Gasteiger partial charge in [-0.2, -0.15) is 0 Å². The molecule has 0 radical (unpaired) electrons. The molecular formula is C11H14Br2N2O2S. The maximum atomic E-state index is 12.1. The van der Waals surface area contributed by atoms with Gasteiger partial charge in [-0.05, 0) is 44.3 Å². The van der Waals surface area contributed by atoms with E-state index >= 15 is 0 Å². The highest BCUT2D eigenvalue weighted by molar-refractivity contribution is 9.12. The van der Waals surface area contributed by atoms with Gasteiger partial charge in [0.15, 0.2) is 0 Å². The summed E-state index contributed by atoms with van der Waals surface area (Å²) in [5.41, 5.74) is 0.567. The maximum Gasteiger partial charge on any atom is 0.256 e. The van der Waals surface area contributed by atoms with Crippen molar-refractivity contribution >= 4 is 55.0 Å². The Hall–Kier alpha value is -0.400. The van der Waals surface area contributed by atoms with E-state index in [1.54, 1.807) is 13.1 Å². The van der Waals surface area contributed by atoms with Crippen molar-refractivity contribution in [3.63, 3.8) is 0 Å². The molecule has 1 aromatic heterocycles. The molecule has 1 N–H and O–H groups in total. The van der Waals surface area contributed by atoms with Crippen LogP contribution in [-0.2, 0) is 4.79 Å². The summed E-state index contributed by atoms with van der Waals surface area (Å²) in [6.45, 7) is 2.68. The Bertz CT molecular complexity index is 448. The summed E-state index contributed by atoms with van der Waals surface area (Å²) >= 11 is 8.09. The van der Waals surface area contributed by atoms with E-state index in [0.717, 1.165) is 14.0 Å². The lowest BCUT2D eigenvalue weighted by Gasteiger charge is -2.16. The molecule has 1 aromatic rings. The predicted molar refractivity (Wildman–Crippen MR) is 80.0 cm³/mol. The van der Waals surface area contributed by atoms with Gasteiger partial charge >= 0.3 is 0 Å². The second kappa shape index (κ2) is 7.25. The fourth-order valence-corrected chi connectivity index (χ4v) is 4.08. The number of halogens is 2. The SMILES string of the molecule is CCCNC(=O)CN(C)C(=O)c1cc(Br)sc1Br. The van der Waals surface area contributed by atoms with Crippen molar-refractivity contribution in [1.29, 1.82) is 0 Å². The van der Waals surface area contributed by atoms with Gasteiger partial charge in [0, 0.05) is 13.6 Å². The van der Waals surface area contributed by atoms with Crippen LogP contribution in [-0.4, -0.2) is 36.9 Å². The number of amides is 2. The lowest BCUT2D eigenvalue weighted by Crippen LogP contribution is -2.38. The standard InChI is InChI=1S/C11H14Br2N2O2S/c1-3-4-14-9(16)6-15(2)11(17)7-5-8(12)18-10(7)13/h5H,3-4,6H2,1-2H3,(H,14,16). The number of thiophene rings is 1. The van der Waals surface area contributed by atoms with Crippen LogP contribution >= 0.6 is 43.2 Å². The molecule has 2 amide bonds. The van der Waals surface area contributed by atoms with E-state index in [9.17, 15) is 9.59 Å². The molecule has 0 aliphatic carbocycles. The molecule has 0 spiro atoms. The number of likely N-dealkylation sites (N-methyl/N-ethyl adjacent to an activating group) is 1. The van der Waals surface area contributed by atoms with Crippen LogP contribution in [0.15, 0.2) is 13.6 Å². The molecule has 0 aliphatic rings. The van der Waals surface area contributed by atoms with Crippen molar-refractivity contribution in [2.45, 2.75) is 13.3 Å². The summed E-state index contributed by atoms with van der Waals surface area (Å²) in [7, 11) is 1.62. The van der Waals surface area contributed by atoms with Crippen LogP contribution in [0.2, 0.25) is 0 Å². The van der Waals surface area contributed by atoms with Crippen LogP contribution in [0.3, 0.4) is 0 Å². The number of carbonyl (C=O) groups is 2. The highest BCUT2D eigenvalue weighted by atomic mass is 79.9. The molecule has 0 aromatic carbocycles. The zero-order valence-electron chi connectivity index (χ0n) is 10.1. The van der Waals surface area contributed by atoms with Crippen molar-refractivity contribution in [3.8, 4) is 0 Å². The largest absolute Gasteiger partial charge is 0.355 e. The van der Waals surface area contributed by atoms with Crippen LogP contribution in [0.4, 0.5) is 0 Å². The highest BCUT2D eigenvalue weighted by Crippen LogP contribution is 2.32. The topological polar surface area (TPSA) is 49.4 Å². The smallest absolute Gasteiger partial charge is 0.256 e. The van der Waals surface area contributed by atoms with E-state index in [2.05, 4.69) is 37.2 Å². The maximum absolute atomic E-state index is 12.1. The van der Waals surface area contributed by atoms with E-state index in [1.165, 1.54) is 16.2 Å². The summed E-state index contributed by atoms with van der Waals surface area (Å²) in [5, 5.41) is 2.74. The second-order valence-corrected chi connectivity index (χ2v) is 7.50. The Morgan fingerprint density at radius 3 is 2.61 bits per heavy atom. The molecule has 7 heteroatoms. The molecule has 0 aliphatic heterocycles. The molecular weight excluding hydrogens is 384 g/mol. The predicted octanol–water partition coefficient (Wildman–Crippen LogP) is 2.87. The summed E-state index contributed by atoms with van der Waals surface area (Å²) < 4.78 is 1.64. The van der Waals surface area contributed by atoms with Crippen molar-refractivity contribution in [1.82, 2.24) is 10.2 Å². The van der Waals surface area contributed by atoms with E-state index in [4.69, 9.17) is 0 Å². The lowest BCUT2D eigenvalue weighted by molar-refractivity contribution is -0.121. The van der Waals surface area contributed by atoms with E-state index < -0.39 is 0 Å². The van der Waals surface area contributed by atoms with Gasteiger partial charge in [-0.25, -0.2) is 0 Å². The Labute approximate surface area is 127 Å². The summed E-state index contributed by atoms with van der Waals surface area (Å²) in [5.74, 6) is -0.311. The number of hydrogen-bond acceptors (Lipinski definition) is 3. The third-order valence-corrected chi connectivity index (χ3v) is 4.53. The van der Waals surface area contributed by atoms with E-state index in [1.807, 2.05) is 6.92 Å². The van der Waals surface area contributed by atoms with Gasteiger partial charge in [0.25, 0.3) is 5.91 Å². The second-order valence-electron chi connectivity index (χ2n) is 3.75. The Balaban J connectivity index is 2.61. The Kier molecular flexibility index (Phi) is 6.31. The zero-order valence-corrected chi connectivity index (χ0v) is 14.1. The first-order valence-electron chi connectivity index (χ1n) is 5.42. The minimum Gasteiger partial charge on any atom is -0.355 e. The average Bonchev–Trinajstić information content (AvgIpc) is 2.64. The van der Waals surface area contributed by atoms with Gasteiger partial charge in [-0.3, -0.25) is 9.59 Å². The fraction of sp³-hybridized carbons (Fsp3) is 0.455. The molecule has 1 rings (SSSR count). The van der Waals surface area contributed by atoms with Crippen LogP contribution < -0.4 is 5.32 Å². The average molecular weight is 398 g/mol. The van der Waals surface area contributed by atoms with E-state index in [-0.39, 0.29) is 18.4 Å². The summed E-state index contributed by atoms with van der Waals surface area (Å²) in [6, 6.07) is 1.75. The normalized spacial score (nSPS) is 10.2. The number of nitrogens with one attached hydrogen (secondary N) is 1. The first-order chi connectivity index (χ1) is 8.45. The van der Waals surface area contributed by atoms with Gasteiger partial charge in [0.1, 0.15) is 0 Å². The minimum atomic E-state index is -0.171. The summed E-state index contributed by atoms with van der Waals surface area (Å²) in [4.78, 5) is 25.0. The fourth-order valence-electron chi connectivity index (χ4n) is 1.30. The van der Waals surface area contributed by atoms with Gasteiger partial charge in [0.05, 0.1) is 19.7 Å². The molecule has 0 saturated heterocycles. The third kappa shape index (κ3) is 4.37. The van der Waals surface area contributed by atoms with Gasteiger partial charge in [-0.15, -0.1) is 11.3 Å². The van der Waals surface area contributed by atoms with Crippen molar-refractivity contribution in [3.05, 3.63) is 19.2 Å². The first-order valence-corrected chi connectivity index (χ1v) is 7.83. The van der Waals surface area contributed by atoms with Crippen molar-refractivity contribution in [2.75, 3.05) is 20.1 Å². The van der Waals surface area contributed by atoms with Crippen molar-refractivity contribution < 1.29 is 9.59 Å².